The van der Waals surface area contributed by atoms with Gasteiger partial charge in [-0.25, -0.2) is 5.43 Å². The molecule has 2 aliphatic heterocycles. The third-order valence-corrected chi connectivity index (χ3v) is 4.24. The lowest BCUT2D eigenvalue weighted by Gasteiger charge is -2.28. The van der Waals surface area contributed by atoms with Crippen LogP contribution in [0.1, 0.15) is 18.4 Å². The molecule has 0 aromatic heterocycles. The topological polar surface area (TPSA) is 57.2 Å². The number of hydrogen-bond donors (Lipinski definition) is 1. The summed E-state index contributed by atoms with van der Waals surface area (Å²) in [6.07, 6.45) is 4.06. The number of nitrogens with one attached hydrogen (secondary N) is 1. The van der Waals surface area contributed by atoms with Crippen molar-refractivity contribution in [3.8, 4) is 0 Å². The van der Waals surface area contributed by atoms with Gasteiger partial charge in [0.25, 0.3) is 5.91 Å². The Morgan fingerprint density at radius 2 is 1.83 bits per heavy atom. The van der Waals surface area contributed by atoms with Gasteiger partial charge in [-0.15, -0.1) is 0 Å². The Labute approximate surface area is 137 Å². The van der Waals surface area contributed by atoms with E-state index < -0.39 is 0 Å². The Kier molecular flexibility index (Phi) is 5.60. The minimum atomic E-state index is -0.0481. The summed E-state index contributed by atoms with van der Waals surface area (Å²) in [6, 6.07) is 8.19. The van der Waals surface area contributed by atoms with Crippen LogP contribution < -0.4 is 10.3 Å². The zero-order valence-electron chi connectivity index (χ0n) is 13.4. The van der Waals surface area contributed by atoms with E-state index in [-0.39, 0.29) is 5.91 Å². The van der Waals surface area contributed by atoms with Gasteiger partial charge in [-0.2, -0.15) is 5.10 Å². The molecule has 6 nitrogen and oxygen atoms in total. The number of ether oxygens (including phenoxy) is 1. The normalized spacial score (nSPS) is 19.4. The van der Waals surface area contributed by atoms with E-state index in [0.717, 1.165) is 45.0 Å². The van der Waals surface area contributed by atoms with Gasteiger partial charge in [0, 0.05) is 18.8 Å². The highest BCUT2D eigenvalue weighted by Gasteiger charge is 2.14. The fourth-order valence-corrected chi connectivity index (χ4v) is 2.95. The standard InChI is InChI=1S/C17H24N4O2/c22-17(14-20-7-1-2-8-20)19-18-13-15-3-5-16(6-4-15)21-9-11-23-12-10-21/h3-6,13H,1-2,7-12,14H2,(H,19,22). The number of carbonyl (C=O) groups excluding carboxylic acids is 1. The average molecular weight is 316 g/mol. The van der Waals surface area contributed by atoms with E-state index >= 15 is 0 Å². The summed E-state index contributed by atoms with van der Waals surface area (Å²) in [5.41, 5.74) is 4.77. The molecule has 0 unspecified atom stereocenters. The summed E-state index contributed by atoms with van der Waals surface area (Å²) in [5, 5.41) is 4.04. The van der Waals surface area contributed by atoms with Crippen LogP contribution in [0.3, 0.4) is 0 Å². The van der Waals surface area contributed by atoms with Crippen LogP contribution in [-0.2, 0) is 9.53 Å². The van der Waals surface area contributed by atoms with Crippen molar-refractivity contribution in [2.75, 3.05) is 50.8 Å². The molecule has 0 bridgehead atoms. The van der Waals surface area contributed by atoms with Crippen LogP contribution in [0.4, 0.5) is 5.69 Å². The quantitative estimate of drug-likeness (QED) is 0.652. The number of likely N-dealkylation sites (tertiary alicyclic amines) is 1. The molecule has 1 amide bonds. The predicted octanol–water partition coefficient (Wildman–Crippen LogP) is 1.07. The third-order valence-electron chi connectivity index (χ3n) is 4.24. The molecule has 0 aliphatic carbocycles. The second-order valence-electron chi connectivity index (χ2n) is 5.97. The number of rotatable bonds is 5. The molecule has 0 atom stereocenters. The molecule has 6 heteroatoms. The number of nitrogens with zero attached hydrogens (tertiary/aromatic N) is 3. The van der Waals surface area contributed by atoms with Crippen LogP contribution in [0.25, 0.3) is 0 Å². The molecule has 0 radical (unpaired) electrons. The van der Waals surface area contributed by atoms with Crippen molar-refractivity contribution in [1.29, 1.82) is 0 Å². The zero-order chi connectivity index (χ0) is 15.9. The molecule has 1 N–H and O–H groups in total. The maximum Gasteiger partial charge on any atom is 0.254 e. The summed E-state index contributed by atoms with van der Waals surface area (Å²) in [5.74, 6) is -0.0481. The maximum atomic E-state index is 11.8. The van der Waals surface area contributed by atoms with Crippen molar-refractivity contribution in [1.82, 2.24) is 10.3 Å². The van der Waals surface area contributed by atoms with Gasteiger partial charge in [0.15, 0.2) is 0 Å². The molecular formula is C17H24N4O2. The molecule has 0 spiro atoms. The predicted molar refractivity (Wildman–Crippen MR) is 90.9 cm³/mol. The van der Waals surface area contributed by atoms with E-state index in [1.165, 1.54) is 18.5 Å². The lowest BCUT2D eigenvalue weighted by Crippen LogP contribution is -2.36. The van der Waals surface area contributed by atoms with Gasteiger partial charge in [0.1, 0.15) is 0 Å². The summed E-state index contributed by atoms with van der Waals surface area (Å²) in [6.45, 7) is 5.89. The van der Waals surface area contributed by atoms with Gasteiger partial charge in [0.05, 0.1) is 26.0 Å². The number of anilines is 1. The van der Waals surface area contributed by atoms with Crippen molar-refractivity contribution < 1.29 is 9.53 Å². The first-order valence-corrected chi connectivity index (χ1v) is 8.28. The molecule has 0 saturated carbocycles. The van der Waals surface area contributed by atoms with Crippen LogP contribution in [0.2, 0.25) is 0 Å². The van der Waals surface area contributed by atoms with Crippen molar-refractivity contribution >= 4 is 17.8 Å². The van der Waals surface area contributed by atoms with Crippen molar-refractivity contribution in [3.63, 3.8) is 0 Å². The summed E-state index contributed by atoms with van der Waals surface area (Å²) < 4.78 is 5.36. The number of benzene rings is 1. The van der Waals surface area contributed by atoms with Crippen LogP contribution in [0, 0.1) is 0 Å². The number of hydrazone groups is 1. The molecule has 1 aromatic carbocycles. The average Bonchev–Trinajstić information content (AvgIpc) is 3.09. The zero-order valence-corrected chi connectivity index (χ0v) is 13.4. The Hall–Kier alpha value is -1.92. The SMILES string of the molecule is O=C(CN1CCCC1)NN=Cc1ccc(N2CCOCC2)cc1. The molecule has 2 fully saturated rings. The van der Waals surface area contributed by atoms with Gasteiger partial charge < -0.3 is 9.64 Å². The fraction of sp³-hybridized carbons (Fsp3) is 0.529. The second kappa shape index (κ2) is 8.08. The smallest absolute Gasteiger partial charge is 0.254 e. The lowest BCUT2D eigenvalue weighted by molar-refractivity contribution is -0.121. The Bertz CT molecular complexity index is 532. The molecule has 2 aliphatic rings. The molecule has 3 rings (SSSR count). The van der Waals surface area contributed by atoms with Crippen LogP contribution in [-0.4, -0.2) is 63.0 Å². The molecule has 124 valence electrons. The van der Waals surface area contributed by atoms with E-state index in [1.807, 2.05) is 12.1 Å². The van der Waals surface area contributed by atoms with Gasteiger partial charge in [-0.1, -0.05) is 12.1 Å². The van der Waals surface area contributed by atoms with Crippen molar-refractivity contribution in [2.45, 2.75) is 12.8 Å². The largest absolute Gasteiger partial charge is 0.378 e. The first-order chi connectivity index (χ1) is 11.3. The van der Waals surface area contributed by atoms with Gasteiger partial charge >= 0.3 is 0 Å². The summed E-state index contributed by atoms with van der Waals surface area (Å²) in [4.78, 5) is 16.2. The van der Waals surface area contributed by atoms with Crippen molar-refractivity contribution in [2.24, 2.45) is 5.10 Å². The Morgan fingerprint density at radius 1 is 1.13 bits per heavy atom. The molecule has 2 saturated heterocycles. The molecule has 2 heterocycles. The molecular weight excluding hydrogens is 292 g/mol. The van der Waals surface area contributed by atoms with Crippen molar-refractivity contribution in [3.05, 3.63) is 29.8 Å². The van der Waals surface area contributed by atoms with Crippen LogP contribution in [0.15, 0.2) is 29.4 Å². The molecule has 1 aromatic rings. The summed E-state index contributed by atoms with van der Waals surface area (Å²) >= 11 is 0. The Morgan fingerprint density at radius 3 is 2.52 bits per heavy atom. The van der Waals surface area contributed by atoms with E-state index in [1.54, 1.807) is 6.21 Å². The Balaban J connectivity index is 1.46. The monoisotopic (exact) mass is 316 g/mol. The molecule has 23 heavy (non-hydrogen) atoms. The lowest BCUT2D eigenvalue weighted by atomic mass is 10.2. The highest BCUT2D eigenvalue weighted by atomic mass is 16.5. The minimum absolute atomic E-state index is 0.0481. The van der Waals surface area contributed by atoms with Crippen LogP contribution in [0.5, 0.6) is 0 Å². The second-order valence-corrected chi connectivity index (χ2v) is 5.97. The fourth-order valence-electron chi connectivity index (χ4n) is 2.95. The summed E-state index contributed by atoms with van der Waals surface area (Å²) in [7, 11) is 0. The van der Waals surface area contributed by atoms with Gasteiger partial charge in [-0.3, -0.25) is 9.69 Å². The van der Waals surface area contributed by atoms with E-state index in [4.69, 9.17) is 4.74 Å². The van der Waals surface area contributed by atoms with Gasteiger partial charge in [0.2, 0.25) is 0 Å². The van der Waals surface area contributed by atoms with E-state index in [9.17, 15) is 4.79 Å². The van der Waals surface area contributed by atoms with E-state index in [0.29, 0.717) is 6.54 Å². The number of morpholine rings is 1. The van der Waals surface area contributed by atoms with Gasteiger partial charge in [-0.05, 0) is 43.6 Å². The van der Waals surface area contributed by atoms with E-state index in [2.05, 4.69) is 32.5 Å². The number of amides is 1. The first-order valence-electron chi connectivity index (χ1n) is 8.28. The number of carbonyl (C=O) groups is 1. The first kappa shape index (κ1) is 16.0. The highest BCUT2D eigenvalue weighted by molar-refractivity contribution is 5.83. The minimum Gasteiger partial charge on any atom is -0.378 e. The number of hydrogen-bond acceptors (Lipinski definition) is 5. The van der Waals surface area contributed by atoms with Crippen LogP contribution >= 0.6 is 0 Å². The maximum absolute atomic E-state index is 11.8. The highest BCUT2D eigenvalue weighted by Crippen LogP contribution is 2.15. The third kappa shape index (κ3) is 4.77.